The Kier molecular flexibility index (Phi) is 8.54. The maximum Gasteiger partial charge on any atom is 0.255 e. The summed E-state index contributed by atoms with van der Waals surface area (Å²) in [5, 5.41) is 9.55. The van der Waals surface area contributed by atoms with Crippen molar-refractivity contribution in [3.8, 4) is 5.82 Å². The molecule has 5 N–H and O–H groups in total. The van der Waals surface area contributed by atoms with Gasteiger partial charge >= 0.3 is 0 Å². The van der Waals surface area contributed by atoms with Gasteiger partial charge in [0.05, 0.1) is 11.1 Å². The Hall–Kier alpha value is -5.81. The van der Waals surface area contributed by atoms with E-state index in [0.29, 0.717) is 46.5 Å². The maximum atomic E-state index is 13.0. The Labute approximate surface area is 248 Å². The molecule has 0 aliphatic heterocycles. The summed E-state index contributed by atoms with van der Waals surface area (Å²) >= 11 is 0. The van der Waals surface area contributed by atoms with Crippen LogP contribution in [0.4, 0.5) is 23.0 Å². The lowest BCUT2D eigenvalue weighted by molar-refractivity contribution is -0.111. The van der Waals surface area contributed by atoms with E-state index in [2.05, 4.69) is 25.9 Å². The Morgan fingerprint density at radius 2 is 1.65 bits per heavy atom. The number of nitrogens with two attached hydrogens (primary N) is 1. The summed E-state index contributed by atoms with van der Waals surface area (Å²) in [6.45, 7) is 0.642. The first-order chi connectivity index (χ1) is 20.8. The van der Waals surface area contributed by atoms with Gasteiger partial charge in [0.1, 0.15) is 5.82 Å². The molecule has 216 valence electrons. The molecule has 5 rings (SSSR count). The highest BCUT2D eigenvalue weighted by atomic mass is 16.2. The van der Waals surface area contributed by atoms with Gasteiger partial charge in [-0.2, -0.15) is 4.98 Å². The smallest absolute Gasteiger partial charge is 0.255 e. The van der Waals surface area contributed by atoms with Gasteiger partial charge in [-0.15, -0.1) is 0 Å². The van der Waals surface area contributed by atoms with E-state index in [-0.39, 0.29) is 11.8 Å². The van der Waals surface area contributed by atoms with E-state index in [9.17, 15) is 14.4 Å². The highest BCUT2D eigenvalue weighted by Gasteiger charge is 2.15. The van der Waals surface area contributed by atoms with Crippen LogP contribution in [0.5, 0.6) is 0 Å². The number of para-hydroxylation sites is 1. The first-order valence-electron chi connectivity index (χ1n) is 13.4. The van der Waals surface area contributed by atoms with E-state index < -0.39 is 5.91 Å². The molecule has 11 heteroatoms. The van der Waals surface area contributed by atoms with Crippen molar-refractivity contribution in [2.75, 3.05) is 36.6 Å². The predicted octanol–water partition coefficient (Wildman–Crippen LogP) is 4.57. The average molecular weight is 575 g/mol. The number of anilines is 4. The molecule has 2 heterocycles. The highest BCUT2D eigenvalue weighted by molar-refractivity contribution is 6.07. The van der Waals surface area contributed by atoms with Crippen molar-refractivity contribution in [1.29, 1.82) is 0 Å². The average Bonchev–Trinajstić information content (AvgIpc) is 3.38. The summed E-state index contributed by atoms with van der Waals surface area (Å²) in [6, 6.07) is 23.0. The first-order valence-corrected chi connectivity index (χ1v) is 13.4. The van der Waals surface area contributed by atoms with Crippen LogP contribution in [0, 0.1) is 0 Å². The van der Waals surface area contributed by atoms with Crippen LogP contribution in [0.25, 0.3) is 16.7 Å². The molecular formula is C32H30N8O3. The molecule has 11 nitrogen and oxygen atoms in total. The Morgan fingerprint density at radius 1 is 0.907 bits per heavy atom. The lowest BCUT2D eigenvalue weighted by atomic mass is 10.1. The van der Waals surface area contributed by atoms with Gasteiger partial charge in [-0.25, -0.2) is 4.98 Å². The van der Waals surface area contributed by atoms with Gasteiger partial charge < -0.3 is 31.2 Å². The number of primary amides is 1. The number of fused-ring (bicyclic) bond motifs is 1. The molecular weight excluding hydrogens is 544 g/mol. The zero-order chi connectivity index (χ0) is 30.3. The second kappa shape index (κ2) is 12.8. The minimum Gasteiger partial charge on any atom is -0.366 e. The van der Waals surface area contributed by atoms with Crippen LogP contribution in [-0.4, -0.2) is 57.8 Å². The molecule has 0 unspecified atom stereocenters. The highest BCUT2D eigenvalue weighted by Crippen LogP contribution is 2.25. The fourth-order valence-corrected chi connectivity index (χ4v) is 4.41. The molecule has 0 atom stereocenters. The van der Waals surface area contributed by atoms with Crippen molar-refractivity contribution in [3.05, 3.63) is 115 Å². The Morgan fingerprint density at radius 3 is 2.44 bits per heavy atom. The number of benzene rings is 3. The van der Waals surface area contributed by atoms with Crippen molar-refractivity contribution in [3.63, 3.8) is 0 Å². The Balaban J connectivity index is 1.28. The fourth-order valence-electron chi connectivity index (χ4n) is 4.41. The number of nitrogens with zero attached hydrogens (tertiary/aromatic N) is 4. The van der Waals surface area contributed by atoms with Crippen LogP contribution in [-0.2, 0) is 4.79 Å². The van der Waals surface area contributed by atoms with Crippen molar-refractivity contribution in [1.82, 2.24) is 19.4 Å². The molecule has 0 bridgehead atoms. The summed E-state index contributed by atoms with van der Waals surface area (Å²) in [6.07, 6.45) is 6.50. The van der Waals surface area contributed by atoms with Gasteiger partial charge in [0.2, 0.25) is 11.9 Å². The van der Waals surface area contributed by atoms with Crippen LogP contribution in [0.1, 0.15) is 20.7 Å². The summed E-state index contributed by atoms with van der Waals surface area (Å²) in [4.78, 5) is 48.1. The third-order valence-corrected chi connectivity index (χ3v) is 6.37. The van der Waals surface area contributed by atoms with Crippen molar-refractivity contribution < 1.29 is 14.4 Å². The number of likely N-dealkylation sites (N-methyl/N-ethyl adjacent to an activating group) is 1. The zero-order valence-corrected chi connectivity index (χ0v) is 23.6. The number of carbonyl (C=O) groups excluding carboxylic acids is 3. The van der Waals surface area contributed by atoms with Gasteiger partial charge in [0.25, 0.3) is 11.8 Å². The van der Waals surface area contributed by atoms with Crippen LogP contribution in [0.3, 0.4) is 0 Å². The fraction of sp³-hybridized carbons (Fsp3) is 0.0938. The molecule has 0 saturated heterocycles. The van der Waals surface area contributed by atoms with E-state index in [1.54, 1.807) is 71.6 Å². The second-order valence-electron chi connectivity index (χ2n) is 9.93. The van der Waals surface area contributed by atoms with E-state index >= 15 is 0 Å². The van der Waals surface area contributed by atoms with Crippen LogP contribution >= 0.6 is 0 Å². The van der Waals surface area contributed by atoms with Crippen molar-refractivity contribution >= 4 is 51.6 Å². The normalized spacial score (nSPS) is 11.1. The van der Waals surface area contributed by atoms with Crippen molar-refractivity contribution in [2.45, 2.75) is 0 Å². The molecule has 5 aromatic rings. The number of carbonyl (C=O) groups is 3. The van der Waals surface area contributed by atoms with Gasteiger partial charge in [0.15, 0.2) is 0 Å². The number of rotatable bonds is 10. The molecule has 43 heavy (non-hydrogen) atoms. The second-order valence-corrected chi connectivity index (χ2v) is 9.93. The van der Waals surface area contributed by atoms with Gasteiger partial charge in [-0.3, -0.25) is 14.4 Å². The predicted molar refractivity (Wildman–Crippen MR) is 168 cm³/mol. The molecule has 0 aliphatic carbocycles. The molecule has 3 amide bonds. The lowest BCUT2D eigenvalue weighted by Crippen LogP contribution is -2.14. The maximum absolute atomic E-state index is 13.0. The van der Waals surface area contributed by atoms with Gasteiger partial charge in [-0.1, -0.05) is 36.4 Å². The minimum atomic E-state index is -0.523. The van der Waals surface area contributed by atoms with E-state index in [1.165, 1.54) is 6.08 Å². The molecule has 0 fully saturated rings. The molecule has 3 aromatic carbocycles. The standard InChI is InChI=1S/C32H30N8O3/c1-39(2)17-7-14-29(41)35-22-9-5-8-21(18-22)31(43)36-23-10-6-11-24(19-23)37-32-34-16-15-28(38-32)40-20-26(30(33)42)25-12-3-4-13-27(25)40/h3-16,18-20H,17H2,1-2H3,(H2,33,42)(H,35,41)(H,36,43)(H,34,37,38)/b14-7+. The topological polar surface area (TPSA) is 147 Å². The van der Waals surface area contributed by atoms with Crippen LogP contribution in [0.15, 0.2) is 103 Å². The van der Waals surface area contributed by atoms with E-state index in [1.807, 2.05) is 49.3 Å². The molecule has 0 saturated carbocycles. The number of hydrogen-bond acceptors (Lipinski definition) is 7. The monoisotopic (exact) mass is 574 g/mol. The lowest BCUT2D eigenvalue weighted by Gasteiger charge is -2.11. The summed E-state index contributed by atoms with van der Waals surface area (Å²) in [5.41, 5.74) is 8.88. The zero-order valence-electron chi connectivity index (χ0n) is 23.6. The number of aromatic nitrogens is 3. The first kappa shape index (κ1) is 28.7. The van der Waals surface area contributed by atoms with E-state index in [0.717, 1.165) is 10.9 Å². The minimum absolute atomic E-state index is 0.275. The Bertz CT molecular complexity index is 1840. The number of hydrogen-bond donors (Lipinski definition) is 4. The quantitative estimate of drug-likeness (QED) is 0.179. The number of nitrogens with one attached hydrogen (secondary N) is 3. The SMILES string of the molecule is CN(C)C/C=C/C(=O)Nc1cccc(C(=O)Nc2cccc(Nc3nccc(-n4cc(C(N)=O)c5ccccc54)n3)c2)c1. The molecule has 2 aromatic heterocycles. The molecule has 0 radical (unpaired) electrons. The van der Waals surface area contributed by atoms with Crippen molar-refractivity contribution in [2.24, 2.45) is 5.73 Å². The van der Waals surface area contributed by atoms with Crippen LogP contribution in [0.2, 0.25) is 0 Å². The number of amides is 3. The largest absolute Gasteiger partial charge is 0.366 e. The van der Waals surface area contributed by atoms with Gasteiger partial charge in [0, 0.05) is 53.0 Å². The molecule has 0 spiro atoms. The summed E-state index contributed by atoms with van der Waals surface area (Å²) in [5.74, 6) is -0.263. The third-order valence-electron chi connectivity index (χ3n) is 6.37. The van der Waals surface area contributed by atoms with E-state index in [4.69, 9.17) is 5.73 Å². The van der Waals surface area contributed by atoms with Crippen LogP contribution < -0.4 is 21.7 Å². The summed E-state index contributed by atoms with van der Waals surface area (Å²) < 4.78 is 1.79. The molecule has 0 aliphatic rings. The van der Waals surface area contributed by atoms with Gasteiger partial charge in [-0.05, 0) is 62.6 Å². The summed E-state index contributed by atoms with van der Waals surface area (Å²) in [7, 11) is 3.83. The third kappa shape index (κ3) is 7.10.